The Bertz CT molecular complexity index is 814. The van der Waals surface area contributed by atoms with E-state index in [1.807, 2.05) is 18.2 Å². The topological polar surface area (TPSA) is 27.1 Å². The van der Waals surface area contributed by atoms with E-state index in [4.69, 9.17) is 16.3 Å². The van der Waals surface area contributed by atoms with E-state index in [1.54, 1.807) is 6.20 Å². The number of hydrogen-bond donors (Lipinski definition) is 0. The molecule has 0 N–H and O–H groups in total. The number of benzene rings is 1. The van der Waals surface area contributed by atoms with Crippen LogP contribution in [-0.4, -0.2) is 16.2 Å². The fourth-order valence-corrected chi connectivity index (χ4v) is 3.60. The quantitative estimate of drug-likeness (QED) is 0.322. The van der Waals surface area contributed by atoms with E-state index in [1.165, 1.54) is 35.9 Å². The first-order chi connectivity index (χ1) is 12.8. The molecule has 0 saturated heterocycles. The highest BCUT2D eigenvalue weighted by atomic mass is 35.5. The zero-order valence-electron chi connectivity index (χ0n) is 15.5. The third kappa shape index (κ3) is 4.87. The van der Waals surface area contributed by atoms with E-state index >= 15 is 0 Å². The van der Waals surface area contributed by atoms with Crippen LogP contribution < -0.4 is 0 Å². The van der Waals surface area contributed by atoms with Crippen molar-refractivity contribution in [1.82, 2.24) is 9.55 Å². The molecule has 0 aliphatic carbocycles. The largest absolute Gasteiger partial charge is 0.377 e. The van der Waals surface area contributed by atoms with Crippen LogP contribution in [0.5, 0.6) is 0 Å². The first-order valence-electron chi connectivity index (χ1n) is 9.53. The summed E-state index contributed by atoms with van der Waals surface area (Å²) in [4.78, 5) is 4.28. The molecule has 0 bridgehead atoms. The summed E-state index contributed by atoms with van der Waals surface area (Å²) in [6, 6.07) is 12.4. The summed E-state index contributed by atoms with van der Waals surface area (Å²) in [5.74, 6) is 0. The standard InChI is InChI=1S/C22H27ClN2O/c1-2-3-7-14-25-16-19(21-20(25)12-13-24-22(21)23)11-8-15-26-17-18-9-5-4-6-10-18/h4-6,9-10,12-13,16H,2-3,7-8,11,14-15,17H2,1H3. The van der Waals surface area contributed by atoms with Gasteiger partial charge in [-0.15, -0.1) is 0 Å². The van der Waals surface area contributed by atoms with E-state index in [-0.39, 0.29) is 0 Å². The predicted octanol–water partition coefficient (Wildman–Crippen LogP) is 6.03. The maximum atomic E-state index is 6.40. The first kappa shape index (κ1) is 18.9. The highest BCUT2D eigenvalue weighted by molar-refractivity contribution is 6.34. The van der Waals surface area contributed by atoms with E-state index < -0.39 is 0 Å². The highest BCUT2D eigenvalue weighted by Crippen LogP contribution is 2.28. The summed E-state index contributed by atoms with van der Waals surface area (Å²) in [6.45, 7) is 4.68. The van der Waals surface area contributed by atoms with Crippen LogP contribution in [0.25, 0.3) is 10.9 Å². The molecule has 0 aliphatic rings. The molecule has 0 unspecified atom stereocenters. The number of aryl methyl sites for hydroxylation is 2. The number of ether oxygens (including phenoxy) is 1. The average molecular weight is 371 g/mol. The van der Waals surface area contributed by atoms with Crippen molar-refractivity contribution >= 4 is 22.5 Å². The zero-order chi connectivity index (χ0) is 18.2. The number of hydrogen-bond acceptors (Lipinski definition) is 2. The lowest BCUT2D eigenvalue weighted by Crippen LogP contribution is -1.98. The second kappa shape index (κ2) is 9.75. The zero-order valence-corrected chi connectivity index (χ0v) is 16.2. The number of pyridine rings is 1. The van der Waals surface area contributed by atoms with Crippen LogP contribution in [0.1, 0.15) is 43.7 Å². The van der Waals surface area contributed by atoms with Crippen molar-refractivity contribution < 1.29 is 4.74 Å². The molecule has 0 spiro atoms. The van der Waals surface area contributed by atoms with Gasteiger partial charge in [-0.3, -0.25) is 0 Å². The van der Waals surface area contributed by atoms with Crippen molar-refractivity contribution in [3.8, 4) is 0 Å². The smallest absolute Gasteiger partial charge is 0.138 e. The molecule has 138 valence electrons. The van der Waals surface area contributed by atoms with Crippen LogP contribution >= 0.6 is 11.6 Å². The third-order valence-electron chi connectivity index (χ3n) is 4.67. The molecular formula is C22H27ClN2O. The molecule has 2 heterocycles. The number of fused-ring (bicyclic) bond motifs is 1. The minimum atomic E-state index is 0.608. The summed E-state index contributed by atoms with van der Waals surface area (Å²) in [7, 11) is 0. The molecule has 0 atom stereocenters. The lowest BCUT2D eigenvalue weighted by atomic mass is 10.1. The second-order valence-electron chi connectivity index (χ2n) is 6.69. The lowest BCUT2D eigenvalue weighted by Gasteiger charge is -2.04. The van der Waals surface area contributed by atoms with Crippen LogP contribution in [0.2, 0.25) is 5.15 Å². The molecule has 26 heavy (non-hydrogen) atoms. The van der Waals surface area contributed by atoms with Gasteiger partial charge in [-0.25, -0.2) is 4.98 Å². The normalized spacial score (nSPS) is 11.3. The van der Waals surface area contributed by atoms with Crippen LogP contribution in [0.3, 0.4) is 0 Å². The summed E-state index contributed by atoms with van der Waals surface area (Å²) in [6.07, 6.45) is 9.66. The summed E-state index contributed by atoms with van der Waals surface area (Å²) < 4.78 is 8.15. The molecule has 2 aromatic heterocycles. The molecule has 4 heteroatoms. The van der Waals surface area contributed by atoms with E-state index in [2.05, 4.69) is 40.9 Å². The van der Waals surface area contributed by atoms with Gasteiger partial charge in [0.05, 0.1) is 12.1 Å². The lowest BCUT2D eigenvalue weighted by molar-refractivity contribution is 0.119. The van der Waals surface area contributed by atoms with Gasteiger partial charge < -0.3 is 9.30 Å². The average Bonchev–Trinajstić information content (AvgIpc) is 3.02. The first-order valence-corrected chi connectivity index (χ1v) is 9.91. The molecule has 0 aliphatic heterocycles. The Kier molecular flexibility index (Phi) is 7.10. The summed E-state index contributed by atoms with van der Waals surface area (Å²) >= 11 is 6.40. The van der Waals surface area contributed by atoms with Gasteiger partial charge >= 0.3 is 0 Å². The van der Waals surface area contributed by atoms with Crippen LogP contribution in [-0.2, 0) is 24.3 Å². The number of halogens is 1. The fourth-order valence-electron chi connectivity index (χ4n) is 3.32. The number of rotatable bonds is 10. The van der Waals surface area contributed by atoms with Gasteiger partial charge in [0.25, 0.3) is 0 Å². The Hall–Kier alpha value is -1.84. The van der Waals surface area contributed by atoms with Crippen molar-refractivity contribution in [3.63, 3.8) is 0 Å². The van der Waals surface area contributed by atoms with Crippen LogP contribution in [0.4, 0.5) is 0 Å². The predicted molar refractivity (Wildman–Crippen MR) is 109 cm³/mol. The Morgan fingerprint density at radius 3 is 2.73 bits per heavy atom. The van der Waals surface area contributed by atoms with Gasteiger partial charge in [-0.1, -0.05) is 61.7 Å². The minimum Gasteiger partial charge on any atom is -0.377 e. The van der Waals surface area contributed by atoms with Crippen molar-refractivity contribution in [2.24, 2.45) is 0 Å². The SMILES string of the molecule is CCCCCn1cc(CCCOCc2ccccc2)c2c(Cl)nccc21. The Labute approximate surface area is 161 Å². The molecule has 1 aromatic carbocycles. The van der Waals surface area contributed by atoms with Gasteiger partial charge in [0, 0.05) is 30.9 Å². The number of aromatic nitrogens is 2. The Morgan fingerprint density at radius 2 is 1.92 bits per heavy atom. The molecule has 3 nitrogen and oxygen atoms in total. The molecule has 0 radical (unpaired) electrons. The van der Waals surface area contributed by atoms with E-state index in [9.17, 15) is 0 Å². The van der Waals surface area contributed by atoms with Crippen molar-refractivity contribution in [2.45, 2.75) is 52.2 Å². The van der Waals surface area contributed by atoms with Gasteiger partial charge in [-0.2, -0.15) is 0 Å². The molecule has 3 aromatic rings. The molecule has 0 saturated carbocycles. The van der Waals surface area contributed by atoms with Crippen molar-refractivity contribution in [3.05, 3.63) is 65.1 Å². The van der Waals surface area contributed by atoms with Crippen LogP contribution in [0, 0.1) is 0 Å². The summed E-state index contributed by atoms with van der Waals surface area (Å²) in [5, 5.41) is 1.71. The monoisotopic (exact) mass is 370 g/mol. The fraction of sp³-hybridized carbons (Fsp3) is 0.409. The number of nitrogens with zero attached hydrogens (tertiary/aromatic N) is 2. The number of unbranched alkanes of at least 4 members (excludes halogenated alkanes) is 2. The van der Waals surface area contributed by atoms with Crippen molar-refractivity contribution in [1.29, 1.82) is 0 Å². The second-order valence-corrected chi connectivity index (χ2v) is 7.05. The minimum absolute atomic E-state index is 0.608. The summed E-state index contributed by atoms with van der Waals surface area (Å²) in [5.41, 5.74) is 3.69. The van der Waals surface area contributed by atoms with E-state index in [0.717, 1.165) is 31.4 Å². The van der Waals surface area contributed by atoms with Crippen LogP contribution in [0.15, 0.2) is 48.8 Å². The molecule has 0 amide bonds. The Balaban J connectivity index is 1.60. The molecular weight excluding hydrogens is 344 g/mol. The molecule has 0 fully saturated rings. The van der Waals surface area contributed by atoms with Gasteiger partial charge in [-0.05, 0) is 36.5 Å². The van der Waals surface area contributed by atoms with Gasteiger partial charge in [0.2, 0.25) is 0 Å². The van der Waals surface area contributed by atoms with E-state index in [0.29, 0.717) is 11.8 Å². The maximum Gasteiger partial charge on any atom is 0.138 e. The third-order valence-corrected chi connectivity index (χ3v) is 4.96. The highest BCUT2D eigenvalue weighted by Gasteiger charge is 2.12. The van der Waals surface area contributed by atoms with Crippen molar-refractivity contribution in [2.75, 3.05) is 6.61 Å². The Morgan fingerprint density at radius 1 is 1.08 bits per heavy atom. The maximum absolute atomic E-state index is 6.40. The van der Waals surface area contributed by atoms with Gasteiger partial charge in [0.15, 0.2) is 0 Å². The molecule has 3 rings (SSSR count). The van der Waals surface area contributed by atoms with Gasteiger partial charge in [0.1, 0.15) is 5.15 Å².